The fraction of sp³-hybridized carbons (Fsp3) is 0.733. The highest BCUT2D eigenvalue weighted by atomic mass is 35.5. The lowest BCUT2D eigenvalue weighted by Crippen LogP contribution is -2.31. The Morgan fingerprint density at radius 3 is 2.32 bits per heavy atom. The Balaban J connectivity index is 2.39. The van der Waals surface area contributed by atoms with Crippen molar-refractivity contribution >= 4 is 17.4 Å². The summed E-state index contributed by atoms with van der Waals surface area (Å²) in [6.07, 6.45) is 2.54. The first-order chi connectivity index (χ1) is 8.90. The van der Waals surface area contributed by atoms with Crippen LogP contribution in [0, 0.1) is 12.8 Å². The molecule has 1 aromatic rings. The first-order valence-corrected chi connectivity index (χ1v) is 7.58. The molecule has 0 atom stereocenters. The summed E-state index contributed by atoms with van der Waals surface area (Å²) in [7, 11) is 0. The Bertz CT molecular complexity index is 453. The Hall–Kier alpha value is -0.830. The van der Waals surface area contributed by atoms with Gasteiger partial charge in [-0.15, -0.1) is 0 Å². The predicted octanol–water partition coefficient (Wildman–Crippen LogP) is 4.19. The molecule has 19 heavy (non-hydrogen) atoms. The maximum Gasteiger partial charge on any atom is 0.137 e. The Labute approximate surface area is 121 Å². The van der Waals surface area contributed by atoms with E-state index in [1.165, 1.54) is 12.8 Å². The lowest BCUT2D eigenvalue weighted by atomic mass is 10.1. The highest BCUT2D eigenvalue weighted by molar-refractivity contribution is 6.30. The van der Waals surface area contributed by atoms with Crippen LogP contribution in [0.25, 0.3) is 0 Å². The minimum atomic E-state index is 0.303. The second kappa shape index (κ2) is 5.66. The summed E-state index contributed by atoms with van der Waals surface area (Å²) in [5.41, 5.74) is 1.01. The number of nitrogens with zero attached hydrogens (tertiary/aromatic N) is 3. The van der Waals surface area contributed by atoms with Gasteiger partial charge in [-0.05, 0) is 25.7 Å². The van der Waals surface area contributed by atoms with Crippen molar-refractivity contribution in [1.82, 2.24) is 9.97 Å². The molecule has 0 radical (unpaired) electrons. The number of anilines is 1. The fourth-order valence-corrected chi connectivity index (χ4v) is 2.39. The van der Waals surface area contributed by atoms with Gasteiger partial charge in [0.25, 0.3) is 0 Å². The van der Waals surface area contributed by atoms with Gasteiger partial charge in [0.15, 0.2) is 0 Å². The number of hydrogen-bond donors (Lipinski definition) is 0. The van der Waals surface area contributed by atoms with Crippen molar-refractivity contribution in [3.05, 3.63) is 16.5 Å². The van der Waals surface area contributed by atoms with Crippen molar-refractivity contribution in [3.63, 3.8) is 0 Å². The largest absolute Gasteiger partial charge is 0.353 e. The van der Waals surface area contributed by atoms with Crippen LogP contribution < -0.4 is 4.90 Å². The molecular weight excluding hydrogens is 258 g/mol. The molecule has 0 unspecified atom stereocenters. The van der Waals surface area contributed by atoms with Gasteiger partial charge in [0.05, 0.1) is 0 Å². The smallest absolute Gasteiger partial charge is 0.137 e. The molecule has 1 aliphatic rings. The zero-order valence-electron chi connectivity index (χ0n) is 12.6. The topological polar surface area (TPSA) is 29.0 Å². The van der Waals surface area contributed by atoms with E-state index in [9.17, 15) is 0 Å². The van der Waals surface area contributed by atoms with Crippen LogP contribution in [-0.4, -0.2) is 22.6 Å². The van der Waals surface area contributed by atoms with E-state index in [0.717, 1.165) is 23.8 Å². The molecule has 106 valence electrons. The van der Waals surface area contributed by atoms with Crippen molar-refractivity contribution in [2.45, 2.75) is 59.4 Å². The maximum atomic E-state index is 6.29. The van der Waals surface area contributed by atoms with Crippen molar-refractivity contribution in [2.75, 3.05) is 11.4 Å². The highest BCUT2D eigenvalue weighted by Crippen LogP contribution is 2.35. The Morgan fingerprint density at radius 1 is 1.21 bits per heavy atom. The van der Waals surface area contributed by atoms with E-state index in [1.54, 1.807) is 0 Å². The molecule has 0 spiro atoms. The molecule has 1 fully saturated rings. The minimum Gasteiger partial charge on any atom is -0.353 e. The summed E-state index contributed by atoms with van der Waals surface area (Å²) in [6.45, 7) is 11.8. The summed E-state index contributed by atoms with van der Waals surface area (Å²) in [6, 6.07) is 0.645. The molecule has 3 nitrogen and oxygen atoms in total. The normalized spacial score (nSPS) is 15.4. The molecule has 0 bridgehead atoms. The van der Waals surface area contributed by atoms with E-state index in [-0.39, 0.29) is 0 Å². The molecule has 0 aromatic carbocycles. The Morgan fingerprint density at radius 2 is 1.84 bits per heavy atom. The van der Waals surface area contributed by atoms with Gasteiger partial charge in [0.2, 0.25) is 0 Å². The maximum absolute atomic E-state index is 6.29. The number of aromatic nitrogens is 2. The average Bonchev–Trinajstić information content (AvgIpc) is 3.13. The standard InChI is InChI=1S/C15H24ClN3/c1-9(2)8-19(12-6-7-12)15-11(5)13(16)17-14(18-15)10(3)4/h9-10,12H,6-8H2,1-5H3. The molecule has 0 N–H and O–H groups in total. The monoisotopic (exact) mass is 281 g/mol. The second-order valence-corrected chi connectivity index (χ2v) is 6.61. The van der Waals surface area contributed by atoms with Crippen molar-refractivity contribution in [3.8, 4) is 0 Å². The summed E-state index contributed by atoms with van der Waals surface area (Å²) in [4.78, 5) is 11.6. The SMILES string of the molecule is Cc1c(Cl)nc(C(C)C)nc1N(CC(C)C)C1CC1. The predicted molar refractivity (Wildman–Crippen MR) is 81.1 cm³/mol. The zero-order valence-corrected chi connectivity index (χ0v) is 13.3. The van der Waals surface area contributed by atoms with E-state index < -0.39 is 0 Å². The van der Waals surface area contributed by atoms with Gasteiger partial charge in [0, 0.05) is 24.1 Å². The summed E-state index contributed by atoms with van der Waals surface area (Å²) >= 11 is 6.29. The third-order valence-corrected chi connectivity index (χ3v) is 3.78. The van der Waals surface area contributed by atoms with E-state index >= 15 is 0 Å². The molecule has 1 aromatic heterocycles. The van der Waals surface area contributed by atoms with Crippen LogP contribution in [0.3, 0.4) is 0 Å². The van der Waals surface area contributed by atoms with Crippen molar-refractivity contribution < 1.29 is 0 Å². The molecule has 1 heterocycles. The molecule has 1 saturated carbocycles. The number of hydrogen-bond acceptors (Lipinski definition) is 3. The van der Waals surface area contributed by atoms with Gasteiger partial charge < -0.3 is 4.90 Å². The molecule has 4 heteroatoms. The number of rotatable bonds is 5. The quantitative estimate of drug-likeness (QED) is 0.758. The second-order valence-electron chi connectivity index (χ2n) is 6.25. The van der Waals surface area contributed by atoms with Crippen LogP contribution in [0.2, 0.25) is 5.15 Å². The van der Waals surface area contributed by atoms with Gasteiger partial charge in [0.1, 0.15) is 16.8 Å². The van der Waals surface area contributed by atoms with E-state index in [4.69, 9.17) is 16.6 Å². The zero-order chi connectivity index (χ0) is 14.2. The molecule has 2 rings (SSSR count). The lowest BCUT2D eigenvalue weighted by molar-refractivity contribution is 0.598. The van der Waals surface area contributed by atoms with Crippen LogP contribution in [0.5, 0.6) is 0 Å². The van der Waals surface area contributed by atoms with Crippen LogP contribution in [0.4, 0.5) is 5.82 Å². The lowest BCUT2D eigenvalue weighted by Gasteiger charge is -2.28. The van der Waals surface area contributed by atoms with Crippen LogP contribution in [0.1, 0.15) is 57.8 Å². The summed E-state index contributed by atoms with van der Waals surface area (Å²) in [5, 5.41) is 0.600. The third-order valence-electron chi connectivity index (χ3n) is 3.42. The molecule has 0 aliphatic heterocycles. The van der Waals surface area contributed by atoms with Crippen LogP contribution in [0.15, 0.2) is 0 Å². The van der Waals surface area contributed by atoms with E-state index in [1.807, 2.05) is 6.92 Å². The minimum absolute atomic E-state index is 0.303. The van der Waals surface area contributed by atoms with Gasteiger partial charge in [-0.3, -0.25) is 0 Å². The van der Waals surface area contributed by atoms with E-state index in [2.05, 4.69) is 37.6 Å². The molecule has 1 aliphatic carbocycles. The first-order valence-electron chi connectivity index (χ1n) is 7.20. The van der Waals surface area contributed by atoms with Crippen molar-refractivity contribution in [1.29, 1.82) is 0 Å². The third kappa shape index (κ3) is 3.38. The van der Waals surface area contributed by atoms with Gasteiger partial charge in [-0.2, -0.15) is 0 Å². The Kier molecular flexibility index (Phi) is 4.34. The van der Waals surface area contributed by atoms with Gasteiger partial charge >= 0.3 is 0 Å². The van der Waals surface area contributed by atoms with E-state index in [0.29, 0.717) is 23.0 Å². The van der Waals surface area contributed by atoms with Crippen LogP contribution in [-0.2, 0) is 0 Å². The van der Waals surface area contributed by atoms with Gasteiger partial charge in [-0.1, -0.05) is 39.3 Å². The van der Waals surface area contributed by atoms with Crippen LogP contribution >= 0.6 is 11.6 Å². The summed E-state index contributed by atoms with van der Waals surface area (Å²) in [5.74, 6) is 2.81. The first kappa shape index (κ1) is 14.6. The fourth-order valence-electron chi connectivity index (χ4n) is 2.22. The molecular formula is C15H24ClN3. The highest BCUT2D eigenvalue weighted by Gasteiger charge is 2.32. The molecule has 0 saturated heterocycles. The summed E-state index contributed by atoms with van der Waals surface area (Å²) < 4.78 is 0. The molecule has 0 amide bonds. The van der Waals surface area contributed by atoms with Gasteiger partial charge in [-0.25, -0.2) is 9.97 Å². The average molecular weight is 282 g/mol. The number of halogens is 1. The van der Waals surface area contributed by atoms with Crippen molar-refractivity contribution in [2.24, 2.45) is 5.92 Å².